The van der Waals surface area contributed by atoms with E-state index in [4.69, 9.17) is 4.74 Å². The van der Waals surface area contributed by atoms with Gasteiger partial charge in [0.05, 0.1) is 18.6 Å². The van der Waals surface area contributed by atoms with Crippen molar-refractivity contribution in [3.05, 3.63) is 39.4 Å². The van der Waals surface area contributed by atoms with Gasteiger partial charge in [0.15, 0.2) is 0 Å². The first kappa shape index (κ1) is 15.1. The average molecular weight is 268 g/mol. The Kier molecular flexibility index (Phi) is 5.91. The van der Waals surface area contributed by atoms with Gasteiger partial charge in [0, 0.05) is 26.3 Å². The minimum absolute atomic E-state index is 0.0430. The maximum Gasteiger partial charge on any atom is 0.344 e. The van der Waals surface area contributed by atoms with Crippen LogP contribution in [0.4, 0.5) is 5.69 Å². The number of nitrogens with one attached hydrogen (secondary N) is 1. The number of nitro benzene ring substituents is 1. The van der Waals surface area contributed by atoms with Gasteiger partial charge in [-0.05, 0) is 11.6 Å². The fraction of sp³-hybridized carbons (Fsp3) is 0.417. The molecule has 0 spiro atoms. The van der Waals surface area contributed by atoms with Crippen molar-refractivity contribution in [2.45, 2.75) is 6.54 Å². The van der Waals surface area contributed by atoms with Crippen LogP contribution >= 0.6 is 0 Å². The zero-order valence-corrected chi connectivity index (χ0v) is 10.8. The number of hydrogen-bond donors (Lipinski definition) is 1. The van der Waals surface area contributed by atoms with Gasteiger partial charge in [0.1, 0.15) is 5.56 Å². The Morgan fingerprint density at radius 1 is 1.42 bits per heavy atom. The maximum atomic E-state index is 11.5. The Labute approximate surface area is 110 Å². The van der Waals surface area contributed by atoms with E-state index < -0.39 is 10.9 Å². The van der Waals surface area contributed by atoms with Gasteiger partial charge in [-0.3, -0.25) is 10.1 Å². The highest BCUT2D eigenvalue weighted by atomic mass is 16.6. The largest absolute Gasteiger partial charge is 0.465 e. The summed E-state index contributed by atoms with van der Waals surface area (Å²) < 4.78 is 9.43. The molecule has 1 aromatic rings. The summed E-state index contributed by atoms with van der Waals surface area (Å²) in [5.74, 6) is -0.717. The molecule has 0 aliphatic heterocycles. The molecule has 1 aromatic carbocycles. The molecule has 0 atom stereocenters. The number of nitrogens with zero attached hydrogens (tertiary/aromatic N) is 1. The Bertz CT molecular complexity index is 461. The van der Waals surface area contributed by atoms with Gasteiger partial charge in [-0.1, -0.05) is 6.07 Å². The number of nitro groups is 1. The third-order valence-corrected chi connectivity index (χ3v) is 2.48. The van der Waals surface area contributed by atoms with Crippen LogP contribution in [0, 0.1) is 10.1 Å². The second-order valence-corrected chi connectivity index (χ2v) is 3.77. The third-order valence-electron chi connectivity index (χ3n) is 2.48. The highest BCUT2D eigenvalue weighted by Crippen LogP contribution is 2.20. The summed E-state index contributed by atoms with van der Waals surface area (Å²) in [4.78, 5) is 21.7. The topological polar surface area (TPSA) is 90.7 Å². The van der Waals surface area contributed by atoms with E-state index in [0.717, 1.165) is 5.56 Å². The molecule has 0 fully saturated rings. The fourth-order valence-corrected chi connectivity index (χ4v) is 1.53. The normalized spacial score (nSPS) is 10.2. The third kappa shape index (κ3) is 4.31. The summed E-state index contributed by atoms with van der Waals surface area (Å²) in [6.45, 7) is 1.71. The summed E-state index contributed by atoms with van der Waals surface area (Å²) >= 11 is 0. The van der Waals surface area contributed by atoms with E-state index in [0.29, 0.717) is 19.7 Å². The molecular weight excluding hydrogens is 252 g/mol. The molecule has 0 saturated carbocycles. The van der Waals surface area contributed by atoms with Crippen molar-refractivity contribution >= 4 is 11.7 Å². The van der Waals surface area contributed by atoms with Crippen molar-refractivity contribution in [1.29, 1.82) is 0 Å². The number of carbonyl (C=O) groups excluding carboxylic acids is 1. The molecule has 0 heterocycles. The molecule has 1 rings (SSSR count). The fourth-order valence-electron chi connectivity index (χ4n) is 1.53. The molecule has 0 saturated heterocycles. The van der Waals surface area contributed by atoms with Crippen LogP contribution in [0.15, 0.2) is 18.2 Å². The molecule has 104 valence electrons. The predicted octanol–water partition coefficient (Wildman–Crippen LogP) is 1.12. The van der Waals surface area contributed by atoms with Gasteiger partial charge in [-0.25, -0.2) is 4.79 Å². The Hall–Kier alpha value is -1.99. The van der Waals surface area contributed by atoms with Crippen molar-refractivity contribution in [3.8, 4) is 0 Å². The zero-order chi connectivity index (χ0) is 14.3. The number of esters is 1. The van der Waals surface area contributed by atoms with Crippen LogP contribution in [0.5, 0.6) is 0 Å². The van der Waals surface area contributed by atoms with E-state index in [1.54, 1.807) is 13.2 Å². The summed E-state index contributed by atoms with van der Waals surface area (Å²) in [5, 5.41) is 13.9. The van der Waals surface area contributed by atoms with E-state index in [2.05, 4.69) is 10.1 Å². The molecule has 0 radical (unpaired) electrons. The van der Waals surface area contributed by atoms with Gasteiger partial charge >= 0.3 is 5.97 Å². The first-order valence-electron chi connectivity index (χ1n) is 5.65. The van der Waals surface area contributed by atoms with Crippen LogP contribution in [0.25, 0.3) is 0 Å². The van der Waals surface area contributed by atoms with E-state index in [1.165, 1.54) is 19.2 Å². The zero-order valence-electron chi connectivity index (χ0n) is 10.8. The van der Waals surface area contributed by atoms with Crippen LogP contribution in [0.2, 0.25) is 0 Å². The molecule has 7 heteroatoms. The lowest BCUT2D eigenvalue weighted by Crippen LogP contribution is -2.19. The molecule has 7 nitrogen and oxygen atoms in total. The molecule has 0 aliphatic carbocycles. The molecular formula is C12H16N2O5. The number of carbonyl (C=O) groups is 1. The molecule has 0 bridgehead atoms. The predicted molar refractivity (Wildman–Crippen MR) is 68.0 cm³/mol. The van der Waals surface area contributed by atoms with E-state index in [-0.39, 0.29) is 11.3 Å². The quantitative estimate of drug-likeness (QED) is 0.345. The average Bonchev–Trinajstić information content (AvgIpc) is 2.42. The summed E-state index contributed by atoms with van der Waals surface area (Å²) in [6, 6.07) is 4.37. The van der Waals surface area contributed by atoms with Crippen molar-refractivity contribution in [2.75, 3.05) is 27.4 Å². The minimum Gasteiger partial charge on any atom is -0.465 e. The number of ether oxygens (including phenoxy) is 2. The van der Waals surface area contributed by atoms with Gasteiger partial charge in [-0.15, -0.1) is 0 Å². The lowest BCUT2D eigenvalue weighted by Gasteiger charge is -2.06. The van der Waals surface area contributed by atoms with E-state index in [1.807, 2.05) is 0 Å². The smallest absolute Gasteiger partial charge is 0.344 e. The van der Waals surface area contributed by atoms with E-state index in [9.17, 15) is 14.9 Å². The van der Waals surface area contributed by atoms with Crippen LogP contribution < -0.4 is 5.32 Å². The van der Waals surface area contributed by atoms with Crippen LogP contribution in [-0.2, 0) is 16.0 Å². The maximum absolute atomic E-state index is 11.5. The van der Waals surface area contributed by atoms with Crippen LogP contribution in [0.1, 0.15) is 15.9 Å². The number of rotatable bonds is 7. The van der Waals surface area contributed by atoms with Crippen molar-refractivity contribution in [2.24, 2.45) is 0 Å². The molecule has 1 N–H and O–H groups in total. The van der Waals surface area contributed by atoms with Crippen LogP contribution in [0.3, 0.4) is 0 Å². The Balaban J connectivity index is 2.86. The van der Waals surface area contributed by atoms with Crippen molar-refractivity contribution in [3.63, 3.8) is 0 Å². The lowest BCUT2D eigenvalue weighted by atomic mass is 10.1. The first-order valence-corrected chi connectivity index (χ1v) is 5.65. The number of hydrogen-bond acceptors (Lipinski definition) is 6. The van der Waals surface area contributed by atoms with E-state index >= 15 is 0 Å². The molecule has 0 aliphatic rings. The highest BCUT2D eigenvalue weighted by molar-refractivity contribution is 5.94. The first-order chi connectivity index (χ1) is 9.10. The summed E-state index contributed by atoms with van der Waals surface area (Å²) in [5.41, 5.74) is 0.466. The SMILES string of the molecule is COCCNCc1ccc([N+](=O)[O-])c(C(=O)OC)c1. The second kappa shape index (κ2) is 7.45. The minimum atomic E-state index is -0.717. The van der Waals surface area contributed by atoms with Crippen molar-refractivity contribution < 1.29 is 19.2 Å². The summed E-state index contributed by atoms with van der Waals surface area (Å²) in [6.07, 6.45) is 0. The standard InChI is InChI=1S/C12H16N2O5/c1-18-6-5-13-8-9-3-4-11(14(16)17)10(7-9)12(15)19-2/h3-4,7,13H,5-6,8H2,1-2H3. The van der Waals surface area contributed by atoms with Crippen LogP contribution in [-0.4, -0.2) is 38.3 Å². The van der Waals surface area contributed by atoms with Crippen molar-refractivity contribution in [1.82, 2.24) is 5.32 Å². The van der Waals surface area contributed by atoms with Gasteiger partial charge in [0.25, 0.3) is 5.69 Å². The molecule has 0 aromatic heterocycles. The highest BCUT2D eigenvalue weighted by Gasteiger charge is 2.20. The monoisotopic (exact) mass is 268 g/mol. The van der Waals surface area contributed by atoms with Gasteiger partial charge in [-0.2, -0.15) is 0 Å². The number of methoxy groups -OCH3 is 2. The molecule has 0 amide bonds. The number of benzene rings is 1. The molecule has 19 heavy (non-hydrogen) atoms. The van der Waals surface area contributed by atoms with Gasteiger partial charge in [0.2, 0.25) is 0 Å². The lowest BCUT2D eigenvalue weighted by molar-refractivity contribution is -0.385. The Morgan fingerprint density at radius 3 is 2.74 bits per heavy atom. The summed E-state index contributed by atoms with van der Waals surface area (Å²) in [7, 11) is 2.79. The second-order valence-electron chi connectivity index (χ2n) is 3.77. The Morgan fingerprint density at radius 2 is 2.16 bits per heavy atom. The molecule has 0 unspecified atom stereocenters. The van der Waals surface area contributed by atoms with Gasteiger partial charge < -0.3 is 14.8 Å².